The standard InChI is InChI=1S/C14H22N4O6/c1-3-24-13(22)8-17-14(23)11(5-4-10(20)6-15)18-12(21)7-16-9(2)19/h6,11,15H,3-5,7-8H2,1-2H3,(H,16,19)(H,17,23)(H,18,21). The highest BCUT2D eigenvalue weighted by Gasteiger charge is 2.22. The molecular weight excluding hydrogens is 320 g/mol. The first-order valence-electron chi connectivity index (χ1n) is 7.30. The van der Waals surface area contributed by atoms with Gasteiger partial charge in [-0.1, -0.05) is 0 Å². The number of ether oxygens (including phenoxy) is 1. The van der Waals surface area contributed by atoms with Crippen molar-refractivity contribution >= 4 is 35.7 Å². The molecule has 0 aliphatic rings. The Labute approximate surface area is 139 Å². The van der Waals surface area contributed by atoms with Crippen molar-refractivity contribution in [3.05, 3.63) is 0 Å². The van der Waals surface area contributed by atoms with Gasteiger partial charge >= 0.3 is 5.97 Å². The van der Waals surface area contributed by atoms with E-state index < -0.39 is 35.5 Å². The number of esters is 1. The Kier molecular flexibility index (Phi) is 10.4. The second-order valence-corrected chi connectivity index (χ2v) is 4.70. The van der Waals surface area contributed by atoms with Crippen molar-refractivity contribution in [2.45, 2.75) is 32.7 Å². The number of carbonyl (C=O) groups excluding carboxylic acids is 5. The normalized spacial score (nSPS) is 10.9. The monoisotopic (exact) mass is 342 g/mol. The van der Waals surface area contributed by atoms with Crippen LogP contribution < -0.4 is 16.0 Å². The van der Waals surface area contributed by atoms with Gasteiger partial charge in [0.1, 0.15) is 12.6 Å². The van der Waals surface area contributed by atoms with E-state index in [-0.39, 0.29) is 32.5 Å². The lowest BCUT2D eigenvalue weighted by atomic mass is 10.1. The lowest BCUT2D eigenvalue weighted by Crippen LogP contribution is -2.50. The lowest BCUT2D eigenvalue weighted by Gasteiger charge is -2.18. The molecule has 0 rings (SSSR count). The molecule has 10 heteroatoms. The van der Waals surface area contributed by atoms with E-state index in [2.05, 4.69) is 20.7 Å². The topological polar surface area (TPSA) is 155 Å². The van der Waals surface area contributed by atoms with E-state index in [0.717, 1.165) is 0 Å². The van der Waals surface area contributed by atoms with Crippen molar-refractivity contribution in [1.29, 1.82) is 5.41 Å². The minimum Gasteiger partial charge on any atom is -0.465 e. The highest BCUT2D eigenvalue weighted by atomic mass is 16.5. The van der Waals surface area contributed by atoms with Crippen LogP contribution in [0.25, 0.3) is 0 Å². The zero-order valence-electron chi connectivity index (χ0n) is 13.6. The van der Waals surface area contributed by atoms with E-state index in [9.17, 15) is 24.0 Å². The molecule has 0 heterocycles. The maximum Gasteiger partial charge on any atom is 0.325 e. The van der Waals surface area contributed by atoms with Gasteiger partial charge < -0.3 is 26.1 Å². The van der Waals surface area contributed by atoms with Gasteiger partial charge in [0.2, 0.25) is 17.7 Å². The molecule has 0 aromatic rings. The second kappa shape index (κ2) is 11.7. The largest absolute Gasteiger partial charge is 0.465 e. The zero-order valence-corrected chi connectivity index (χ0v) is 13.6. The highest BCUT2D eigenvalue weighted by molar-refractivity contribution is 6.26. The van der Waals surface area contributed by atoms with E-state index >= 15 is 0 Å². The highest BCUT2D eigenvalue weighted by Crippen LogP contribution is 1.99. The minimum absolute atomic E-state index is 0.0469. The molecule has 3 amide bonds. The number of carbonyl (C=O) groups is 5. The Morgan fingerprint density at radius 1 is 1.12 bits per heavy atom. The fraction of sp³-hybridized carbons (Fsp3) is 0.571. The van der Waals surface area contributed by atoms with Crippen LogP contribution in [-0.4, -0.2) is 61.4 Å². The third-order valence-corrected chi connectivity index (χ3v) is 2.70. The molecule has 134 valence electrons. The fourth-order valence-electron chi connectivity index (χ4n) is 1.57. The average molecular weight is 342 g/mol. The Bertz CT molecular complexity index is 505. The van der Waals surface area contributed by atoms with E-state index in [1.165, 1.54) is 6.92 Å². The van der Waals surface area contributed by atoms with Crippen molar-refractivity contribution in [1.82, 2.24) is 16.0 Å². The number of amides is 3. The molecule has 0 fully saturated rings. The summed E-state index contributed by atoms with van der Waals surface area (Å²) in [6.07, 6.45) is 0.447. The van der Waals surface area contributed by atoms with Crippen LogP contribution in [0, 0.1) is 5.41 Å². The average Bonchev–Trinajstić information content (AvgIpc) is 2.54. The van der Waals surface area contributed by atoms with Crippen LogP contribution in [0.3, 0.4) is 0 Å². The smallest absolute Gasteiger partial charge is 0.325 e. The Hall–Kier alpha value is -2.78. The van der Waals surface area contributed by atoms with E-state index in [1.807, 2.05) is 0 Å². The number of rotatable bonds is 11. The predicted molar refractivity (Wildman–Crippen MR) is 83.3 cm³/mol. The van der Waals surface area contributed by atoms with E-state index in [1.54, 1.807) is 6.92 Å². The van der Waals surface area contributed by atoms with Gasteiger partial charge in [-0.15, -0.1) is 0 Å². The maximum atomic E-state index is 12.0. The number of Topliss-reactive ketones (excluding diaryl/α,β-unsaturated/α-hetero) is 1. The molecule has 0 aliphatic heterocycles. The molecule has 0 saturated carbocycles. The SMILES string of the molecule is CCOC(=O)CNC(=O)C(CCC(=O)C=N)NC(=O)CNC(C)=O. The molecule has 0 saturated heterocycles. The van der Waals surface area contributed by atoms with E-state index in [4.69, 9.17) is 5.41 Å². The summed E-state index contributed by atoms with van der Waals surface area (Å²) < 4.78 is 4.66. The van der Waals surface area contributed by atoms with Crippen molar-refractivity contribution < 1.29 is 28.7 Å². The number of ketones is 1. The summed E-state index contributed by atoms with van der Waals surface area (Å²) in [6, 6.07) is -1.08. The van der Waals surface area contributed by atoms with Crippen LogP contribution in [0.5, 0.6) is 0 Å². The molecule has 0 spiro atoms. The minimum atomic E-state index is -1.08. The van der Waals surface area contributed by atoms with Crippen LogP contribution >= 0.6 is 0 Å². The Balaban J connectivity index is 4.65. The lowest BCUT2D eigenvalue weighted by molar-refractivity contribution is -0.143. The first-order chi connectivity index (χ1) is 11.3. The van der Waals surface area contributed by atoms with Gasteiger partial charge in [0.15, 0.2) is 5.78 Å². The molecule has 0 radical (unpaired) electrons. The molecule has 0 aromatic carbocycles. The summed E-state index contributed by atoms with van der Waals surface area (Å²) in [6.45, 7) is 2.32. The fourth-order valence-corrected chi connectivity index (χ4v) is 1.57. The number of hydrogen-bond acceptors (Lipinski definition) is 7. The van der Waals surface area contributed by atoms with Crippen molar-refractivity contribution in [3.8, 4) is 0 Å². The van der Waals surface area contributed by atoms with E-state index in [0.29, 0.717) is 6.21 Å². The Morgan fingerprint density at radius 3 is 2.33 bits per heavy atom. The molecule has 1 unspecified atom stereocenters. The van der Waals surface area contributed by atoms with Gasteiger partial charge in [0.25, 0.3) is 0 Å². The summed E-state index contributed by atoms with van der Waals surface area (Å²) in [5, 5.41) is 13.8. The molecule has 0 aliphatic carbocycles. The summed E-state index contributed by atoms with van der Waals surface area (Å²) in [5.41, 5.74) is 0. The van der Waals surface area contributed by atoms with Crippen LogP contribution in [0.15, 0.2) is 0 Å². The van der Waals surface area contributed by atoms with Gasteiger partial charge in [-0.3, -0.25) is 24.0 Å². The molecule has 24 heavy (non-hydrogen) atoms. The van der Waals surface area contributed by atoms with Crippen molar-refractivity contribution in [2.75, 3.05) is 19.7 Å². The maximum absolute atomic E-state index is 12.0. The first kappa shape index (κ1) is 21.2. The predicted octanol–water partition coefficient (Wildman–Crippen LogP) is -1.71. The summed E-state index contributed by atoms with van der Waals surface area (Å²) in [7, 11) is 0. The van der Waals surface area contributed by atoms with Gasteiger partial charge in [0, 0.05) is 13.3 Å². The zero-order chi connectivity index (χ0) is 18.5. The first-order valence-corrected chi connectivity index (χ1v) is 7.30. The quantitative estimate of drug-likeness (QED) is 0.259. The van der Waals surface area contributed by atoms with Crippen LogP contribution in [0.2, 0.25) is 0 Å². The van der Waals surface area contributed by atoms with Gasteiger partial charge in [-0.25, -0.2) is 0 Å². The van der Waals surface area contributed by atoms with Crippen molar-refractivity contribution in [3.63, 3.8) is 0 Å². The molecule has 0 aromatic heterocycles. The Morgan fingerprint density at radius 2 is 1.79 bits per heavy atom. The number of nitrogens with one attached hydrogen (secondary N) is 4. The van der Waals surface area contributed by atoms with Gasteiger partial charge in [-0.2, -0.15) is 0 Å². The number of hydrogen-bond donors (Lipinski definition) is 4. The van der Waals surface area contributed by atoms with Crippen LogP contribution in [0.1, 0.15) is 26.7 Å². The summed E-state index contributed by atoms with van der Waals surface area (Å²) in [5.74, 6) is -2.84. The van der Waals surface area contributed by atoms with Gasteiger partial charge in [0.05, 0.1) is 19.4 Å². The summed E-state index contributed by atoms with van der Waals surface area (Å²) >= 11 is 0. The molecule has 0 bridgehead atoms. The molecule has 10 nitrogen and oxygen atoms in total. The summed E-state index contributed by atoms with van der Waals surface area (Å²) in [4.78, 5) is 56.9. The van der Waals surface area contributed by atoms with Crippen LogP contribution in [-0.2, 0) is 28.7 Å². The second-order valence-electron chi connectivity index (χ2n) is 4.70. The third kappa shape index (κ3) is 10.0. The van der Waals surface area contributed by atoms with Crippen molar-refractivity contribution in [2.24, 2.45) is 0 Å². The molecule has 1 atom stereocenters. The van der Waals surface area contributed by atoms with Gasteiger partial charge in [-0.05, 0) is 13.3 Å². The van der Waals surface area contributed by atoms with Crippen LogP contribution in [0.4, 0.5) is 0 Å². The third-order valence-electron chi connectivity index (χ3n) is 2.70. The molecule has 4 N–H and O–H groups in total. The molecular formula is C14H22N4O6.